The van der Waals surface area contributed by atoms with Gasteiger partial charge in [-0.2, -0.15) is 0 Å². The highest BCUT2D eigenvalue weighted by atomic mass is 35.5. The van der Waals surface area contributed by atoms with Gasteiger partial charge >= 0.3 is 0 Å². The smallest absolute Gasteiger partial charge is 0.0616 e. The van der Waals surface area contributed by atoms with E-state index in [4.69, 9.17) is 11.6 Å². The van der Waals surface area contributed by atoms with Crippen LogP contribution in [0.1, 0.15) is 56.9 Å². The van der Waals surface area contributed by atoms with Gasteiger partial charge in [0.2, 0.25) is 0 Å². The van der Waals surface area contributed by atoms with E-state index in [9.17, 15) is 0 Å². The van der Waals surface area contributed by atoms with Crippen LogP contribution in [-0.2, 0) is 0 Å². The number of likely N-dealkylation sites (N-methyl/N-ethyl adjacent to an activating group) is 1. The van der Waals surface area contributed by atoms with Gasteiger partial charge in [0.1, 0.15) is 0 Å². The molecule has 0 bridgehead atoms. The fraction of sp³-hybridized carbons (Fsp3) is 0.765. The second-order valence-corrected chi connectivity index (χ2v) is 8.06. The molecule has 0 spiro atoms. The summed E-state index contributed by atoms with van der Waals surface area (Å²) in [6.45, 7) is 5.65. The third-order valence-electron chi connectivity index (χ3n) is 5.07. The molecule has 0 saturated heterocycles. The number of hydrogen-bond donors (Lipinski definition) is 1. The molecule has 1 saturated carbocycles. The standard InChI is InChI=1S/C17H29ClN2S/c1-5-11-19-16(15-14(18)8-12-21-15)17(20(3)4)9-6-13(2)7-10-17/h8,12-13,16,19H,5-7,9-11H2,1-4H3. The second kappa shape index (κ2) is 7.45. The summed E-state index contributed by atoms with van der Waals surface area (Å²) >= 11 is 8.28. The molecule has 1 aromatic rings. The van der Waals surface area contributed by atoms with Crippen molar-refractivity contribution in [1.29, 1.82) is 0 Å². The maximum atomic E-state index is 6.48. The summed E-state index contributed by atoms with van der Waals surface area (Å²) in [5.74, 6) is 0.851. The highest BCUT2D eigenvalue weighted by Gasteiger charge is 2.44. The van der Waals surface area contributed by atoms with Crippen LogP contribution in [0.2, 0.25) is 5.02 Å². The fourth-order valence-corrected chi connectivity index (χ4v) is 4.93. The lowest BCUT2D eigenvalue weighted by atomic mass is 9.71. The van der Waals surface area contributed by atoms with Gasteiger partial charge in [-0.1, -0.05) is 25.4 Å². The lowest BCUT2D eigenvalue weighted by Crippen LogP contribution is -2.55. The van der Waals surface area contributed by atoms with Gasteiger partial charge in [-0.05, 0) is 70.1 Å². The Morgan fingerprint density at radius 1 is 1.43 bits per heavy atom. The van der Waals surface area contributed by atoms with Crippen LogP contribution in [0.5, 0.6) is 0 Å². The van der Waals surface area contributed by atoms with Crippen molar-refractivity contribution in [3.63, 3.8) is 0 Å². The summed E-state index contributed by atoms with van der Waals surface area (Å²) in [7, 11) is 4.47. The molecule has 2 nitrogen and oxygen atoms in total. The zero-order valence-electron chi connectivity index (χ0n) is 13.8. The Balaban J connectivity index is 2.34. The maximum Gasteiger partial charge on any atom is 0.0616 e. The quantitative estimate of drug-likeness (QED) is 0.794. The Hall–Kier alpha value is -0.0900. The molecular weight excluding hydrogens is 300 g/mol. The summed E-state index contributed by atoms with van der Waals surface area (Å²) in [6, 6.07) is 2.38. The highest BCUT2D eigenvalue weighted by molar-refractivity contribution is 7.10. The molecule has 1 fully saturated rings. The van der Waals surface area contributed by atoms with Gasteiger partial charge in [-0.15, -0.1) is 11.3 Å². The molecule has 1 heterocycles. The zero-order chi connectivity index (χ0) is 15.5. The van der Waals surface area contributed by atoms with E-state index in [-0.39, 0.29) is 5.54 Å². The zero-order valence-corrected chi connectivity index (χ0v) is 15.4. The van der Waals surface area contributed by atoms with Gasteiger partial charge in [-0.25, -0.2) is 0 Å². The molecule has 1 aliphatic rings. The van der Waals surface area contributed by atoms with Gasteiger partial charge in [-0.3, -0.25) is 0 Å². The van der Waals surface area contributed by atoms with E-state index in [0.717, 1.165) is 23.9 Å². The van der Waals surface area contributed by atoms with Crippen LogP contribution in [0, 0.1) is 5.92 Å². The van der Waals surface area contributed by atoms with Gasteiger partial charge in [0, 0.05) is 10.4 Å². The first kappa shape index (κ1) is 17.3. The molecule has 2 rings (SSSR count). The number of rotatable bonds is 6. The van der Waals surface area contributed by atoms with Crippen LogP contribution < -0.4 is 5.32 Å². The van der Waals surface area contributed by atoms with Crippen molar-refractivity contribution in [1.82, 2.24) is 10.2 Å². The van der Waals surface area contributed by atoms with Crippen LogP contribution in [0.15, 0.2) is 11.4 Å². The molecule has 0 aromatic carbocycles. The highest BCUT2D eigenvalue weighted by Crippen LogP contribution is 2.46. The Morgan fingerprint density at radius 3 is 2.57 bits per heavy atom. The third-order valence-corrected chi connectivity index (χ3v) is 6.50. The first-order chi connectivity index (χ1) is 10.0. The number of hydrogen-bond acceptors (Lipinski definition) is 3. The molecule has 1 unspecified atom stereocenters. The normalized spacial score (nSPS) is 28.0. The number of halogens is 1. The lowest BCUT2D eigenvalue weighted by Gasteiger charge is -2.50. The van der Waals surface area contributed by atoms with Gasteiger partial charge < -0.3 is 10.2 Å². The van der Waals surface area contributed by atoms with Gasteiger partial charge in [0.15, 0.2) is 0 Å². The molecule has 1 aliphatic carbocycles. The van der Waals surface area contributed by atoms with E-state index in [1.165, 1.54) is 30.6 Å². The molecule has 0 amide bonds. The largest absolute Gasteiger partial charge is 0.308 e. The van der Waals surface area contributed by atoms with Gasteiger partial charge in [0.25, 0.3) is 0 Å². The number of nitrogens with zero attached hydrogens (tertiary/aromatic N) is 1. The molecule has 21 heavy (non-hydrogen) atoms. The van der Waals surface area contributed by atoms with E-state index in [0.29, 0.717) is 6.04 Å². The fourth-order valence-electron chi connectivity index (χ4n) is 3.58. The molecule has 0 radical (unpaired) electrons. The third kappa shape index (κ3) is 3.64. The van der Waals surface area contributed by atoms with Crippen LogP contribution in [0.25, 0.3) is 0 Å². The SMILES string of the molecule is CCCNC(c1sccc1Cl)C1(N(C)C)CCC(C)CC1. The second-order valence-electron chi connectivity index (χ2n) is 6.70. The van der Waals surface area contributed by atoms with Crippen molar-refractivity contribution in [3.05, 3.63) is 21.3 Å². The van der Waals surface area contributed by atoms with E-state index in [1.54, 1.807) is 11.3 Å². The predicted molar refractivity (Wildman–Crippen MR) is 94.4 cm³/mol. The van der Waals surface area contributed by atoms with E-state index >= 15 is 0 Å². The van der Waals surface area contributed by atoms with Crippen LogP contribution in [0.4, 0.5) is 0 Å². The average Bonchev–Trinajstić information content (AvgIpc) is 2.87. The van der Waals surface area contributed by atoms with E-state index in [1.807, 2.05) is 6.07 Å². The van der Waals surface area contributed by atoms with Crippen molar-refractivity contribution >= 4 is 22.9 Å². The Labute approximate surface area is 138 Å². The molecule has 4 heteroatoms. The number of nitrogens with one attached hydrogen (secondary N) is 1. The molecule has 120 valence electrons. The Bertz CT molecular complexity index is 436. The average molecular weight is 329 g/mol. The summed E-state index contributed by atoms with van der Waals surface area (Å²) in [5, 5.41) is 6.85. The topological polar surface area (TPSA) is 15.3 Å². The van der Waals surface area contributed by atoms with Crippen molar-refractivity contribution in [2.24, 2.45) is 5.92 Å². The molecule has 1 aromatic heterocycles. The Kier molecular flexibility index (Phi) is 6.13. The minimum absolute atomic E-state index is 0.191. The maximum absolute atomic E-state index is 6.48. The van der Waals surface area contributed by atoms with E-state index < -0.39 is 0 Å². The first-order valence-corrected chi connectivity index (χ1v) is 9.40. The Morgan fingerprint density at radius 2 is 2.10 bits per heavy atom. The van der Waals surface area contributed by atoms with Crippen LogP contribution in [0.3, 0.4) is 0 Å². The molecular formula is C17H29ClN2S. The summed E-state index contributed by atoms with van der Waals surface area (Å²) in [4.78, 5) is 3.76. The predicted octanol–water partition coefficient (Wildman–Crippen LogP) is 4.95. The summed E-state index contributed by atoms with van der Waals surface area (Å²) in [6.07, 6.45) is 6.27. The summed E-state index contributed by atoms with van der Waals surface area (Å²) < 4.78 is 0. The van der Waals surface area contributed by atoms with Crippen LogP contribution >= 0.6 is 22.9 Å². The van der Waals surface area contributed by atoms with Crippen molar-refractivity contribution in [3.8, 4) is 0 Å². The van der Waals surface area contributed by atoms with Crippen molar-refractivity contribution < 1.29 is 0 Å². The minimum atomic E-state index is 0.191. The summed E-state index contributed by atoms with van der Waals surface area (Å²) in [5.41, 5.74) is 0.191. The van der Waals surface area contributed by atoms with Crippen molar-refractivity contribution in [2.45, 2.75) is 57.5 Å². The van der Waals surface area contributed by atoms with E-state index in [2.05, 4.69) is 43.5 Å². The lowest BCUT2D eigenvalue weighted by molar-refractivity contribution is 0.0441. The minimum Gasteiger partial charge on any atom is -0.308 e. The first-order valence-electron chi connectivity index (χ1n) is 8.15. The molecule has 1 N–H and O–H groups in total. The monoisotopic (exact) mass is 328 g/mol. The van der Waals surface area contributed by atoms with Gasteiger partial charge in [0.05, 0.1) is 11.1 Å². The van der Waals surface area contributed by atoms with Crippen LogP contribution in [-0.4, -0.2) is 31.1 Å². The number of thiophene rings is 1. The van der Waals surface area contributed by atoms with Crippen molar-refractivity contribution in [2.75, 3.05) is 20.6 Å². The molecule has 0 aliphatic heterocycles. The molecule has 1 atom stereocenters.